The Kier molecular flexibility index (Phi) is 8.22. The van der Waals surface area contributed by atoms with Gasteiger partial charge in [-0.1, -0.05) is 6.92 Å². The molecule has 2 unspecified atom stereocenters. The highest BCUT2D eigenvalue weighted by Gasteiger charge is 2.45. The zero-order valence-corrected chi connectivity index (χ0v) is 25.5. The number of carbonyl (C=O) groups excluding carboxylic acids is 3. The normalized spacial score (nSPS) is 18.7. The SMILES string of the molecule is CC[C@@]1(O)C(=O)OCc2c1cc1n(c2=O)Cc2c-1nc1cc3c(cc1c2CSCC(N)C(=O)NC(=O)CCC(N)C(=O)O)OCO3. The molecule has 5 heterocycles. The van der Waals surface area contributed by atoms with Gasteiger partial charge in [-0.2, -0.15) is 11.8 Å². The van der Waals surface area contributed by atoms with E-state index in [1.807, 2.05) is 6.07 Å². The molecular formula is C30H31N5O10S. The van der Waals surface area contributed by atoms with E-state index in [-0.39, 0.29) is 56.1 Å². The topological polar surface area (TPSA) is 235 Å². The number of benzene rings is 1. The monoisotopic (exact) mass is 653 g/mol. The lowest BCUT2D eigenvalue weighted by Crippen LogP contribution is -2.45. The summed E-state index contributed by atoms with van der Waals surface area (Å²) in [6.45, 7) is 1.60. The number of amides is 2. The fraction of sp³-hybridized carbons (Fsp3) is 0.400. The molecule has 0 radical (unpaired) electrons. The Bertz CT molecular complexity index is 1880. The summed E-state index contributed by atoms with van der Waals surface area (Å²) < 4.78 is 17.9. The van der Waals surface area contributed by atoms with Crippen molar-refractivity contribution in [1.29, 1.82) is 0 Å². The van der Waals surface area contributed by atoms with Gasteiger partial charge in [-0.25, -0.2) is 9.78 Å². The Labute approximate surface area is 265 Å². The highest BCUT2D eigenvalue weighted by Crippen LogP contribution is 2.44. The Morgan fingerprint density at radius 2 is 1.85 bits per heavy atom. The van der Waals surface area contributed by atoms with Gasteiger partial charge < -0.3 is 40.5 Å². The number of thioether (sulfide) groups is 1. The number of carboxylic acid groups (broad SMARTS) is 1. The van der Waals surface area contributed by atoms with E-state index in [1.165, 1.54) is 11.8 Å². The molecule has 6 rings (SSSR count). The van der Waals surface area contributed by atoms with Crippen LogP contribution in [0.1, 0.15) is 48.4 Å². The molecule has 3 aliphatic rings. The minimum absolute atomic E-state index is 0.0143. The highest BCUT2D eigenvalue weighted by molar-refractivity contribution is 7.98. The van der Waals surface area contributed by atoms with Crippen molar-refractivity contribution in [2.24, 2.45) is 11.5 Å². The Morgan fingerprint density at radius 1 is 1.11 bits per heavy atom. The lowest BCUT2D eigenvalue weighted by atomic mass is 9.86. The highest BCUT2D eigenvalue weighted by atomic mass is 32.2. The average molecular weight is 654 g/mol. The summed E-state index contributed by atoms with van der Waals surface area (Å²) >= 11 is 1.33. The number of aliphatic carboxylic acids is 1. The lowest BCUT2D eigenvalue weighted by molar-refractivity contribution is -0.172. The summed E-state index contributed by atoms with van der Waals surface area (Å²) in [6.07, 6.45) is -0.364. The first-order valence-corrected chi connectivity index (χ1v) is 15.7. The van der Waals surface area contributed by atoms with Crippen LogP contribution in [0.2, 0.25) is 0 Å². The number of rotatable bonds is 10. The van der Waals surface area contributed by atoms with E-state index in [4.69, 9.17) is 35.8 Å². The smallest absolute Gasteiger partial charge is 0.343 e. The van der Waals surface area contributed by atoms with Crippen LogP contribution >= 0.6 is 11.8 Å². The van der Waals surface area contributed by atoms with E-state index in [0.717, 1.165) is 16.5 Å². The predicted molar refractivity (Wildman–Crippen MR) is 163 cm³/mol. The molecule has 15 nitrogen and oxygen atoms in total. The molecule has 2 amide bonds. The standard InChI is InChI=1S/C30H31N5O10S/c1-2-30(42)17-6-21-25-14(8-35(21)27(38)15(17)9-43-29(30)41)16(13-5-22-23(45-12-44-22)7-20(13)33-25)10-46-11-19(32)26(37)34-24(36)4-3-18(31)28(39)40/h5-7,18-19,42H,2-4,8-12,31-32H2,1H3,(H,39,40)(H,34,36,37)/t18?,19?,30-/m0/s1. The van der Waals surface area contributed by atoms with Crippen LogP contribution in [0.4, 0.5) is 0 Å². The number of nitrogens with one attached hydrogen (secondary N) is 1. The van der Waals surface area contributed by atoms with Crippen LogP contribution in [0.3, 0.4) is 0 Å². The molecule has 2 aromatic heterocycles. The molecular weight excluding hydrogens is 622 g/mol. The summed E-state index contributed by atoms with van der Waals surface area (Å²) in [7, 11) is 0. The van der Waals surface area contributed by atoms with Gasteiger partial charge >= 0.3 is 11.9 Å². The molecule has 0 fully saturated rings. The van der Waals surface area contributed by atoms with Crippen molar-refractivity contribution in [3.05, 3.63) is 50.8 Å². The third-order valence-corrected chi connectivity index (χ3v) is 9.53. The third kappa shape index (κ3) is 5.36. The number of fused-ring (bicyclic) bond motifs is 6. The summed E-state index contributed by atoms with van der Waals surface area (Å²) in [5, 5.41) is 23.0. The van der Waals surface area contributed by atoms with Crippen LogP contribution in [0.5, 0.6) is 11.5 Å². The maximum absolute atomic E-state index is 13.7. The number of cyclic esters (lactones) is 1. The Balaban J connectivity index is 1.29. The first kappa shape index (κ1) is 31.5. The van der Waals surface area contributed by atoms with Gasteiger partial charge in [-0.15, -0.1) is 0 Å². The molecule has 3 aliphatic heterocycles. The van der Waals surface area contributed by atoms with Gasteiger partial charge in [0.1, 0.15) is 12.6 Å². The summed E-state index contributed by atoms with van der Waals surface area (Å²) in [6, 6.07) is 2.91. The van der Waals surface area contributed by atoms with Gasteiger partial charge in [0.05, 0.1) is 35.1 Å². The minimum Gasteiger partial charge on any atom is -0.480 e. The zero-order chi connectivity index (χ0) is 32.9. The van der Waals surface area contributed by atoms with Crippen molar-refractivity contribution in [3.63, 3.8) is 0 Å². The number of esters is 1. The zero-order valence-electron chi connectivity index (χ0n) is 24.7. The second kappa shape index (κ2) is 12.0. The molecule has 0 aliphatic carbocycles. The van der Waals surface area contributed by atoms with E-state index < -0.39 is 47.0 Å². The fourth-order valence-electron chi connectivity index (χ4n) is 5.78. The second-order valence-electron chi connectivity index (χ2n) is 11.3. The first-order chi connectivity index (χ1) is 21.9. The van der Waals surface area contributed by atoms with Crippen molar-refractivity contribution in [3.8, 4) is 22.9 Å². The molecule has 0 spiro atoms. The number of hydrogen-bond acceptors (Lipinski definition) is 13. The van der Waals surface area contributed by atoms with Crippen LogP contribution in [0, 0.1) is 0 Å². The Hall–Kier alpha value is -4.51. The number of carboxylic acids is 1. The van der Waals surface area contributed by atoms with Gasteiger partial charge in [0.25, 0.3) is 5.56 Å². The van der Waals surface area contributed by atoms with Crippen molar-refractivity contribution in [1.82, 2.24) is 14.9 Å². The van der Waals surface area contributed by atoms with Crippen LogP contribution < -0.4 is 31.8 Å². The number of carbonyl (C=O) groups is 4. The van der Waals surface area contributed by atoms with E-state index in [2.05, 4.69) is 5.32 Å². The van der Waals surface area contributed by atoms with Gasteiger partial charge in [0, 0.05) is 40.5 Å². The molecule has 0 saturated heterocycles. The van der Waals surface area contributed by atoms with Gasteiger partial charge in [-0.05, 0) is 30.5 Å². The van der Waals surface area contributed by atoms with Crippen LogP contribution in [0.25, 0.3) is 22.3 Å². The van der Waals surface area contributed by atoms with Crippen molar-refractivity contribution >= 4 is 46.4 Å². The van der Waals surface area contributed by atoms with Crippen LogP contribution in [0.15, 0.2) is 23.0 Å². The summed E-state index contributed by atoms with van der Waals surface area (Å²) in [5.74, 6) is -1.94. The van der Waals surface area contributed by atoms with E-state index >= 15 is 0 Å². The number of aromatic nitrogens is 2. The predicted octanol–water partition coefficient (Wildman–Crippen LogP) is 0.204. The third-order valence-electron chi connectivity index (χ3n) is 8.44. The van der Waals surface area contributed by atoms with Gasteiger partial charge in [-0.3, -0.25) is 24.5 Å². The first-order valence-electron chi connectivity index (χ1n) is 14.5. The lowest BCUT2D eigenvalue weighted by Gasteiger charge is -2.31. The molecule has 0 saturated carbocycles. The number of imide groups is 1. The van der Waals surface area contributed by atoms with Crippen molar-refractivity contribution < 1.29 is 43.6 Å². The minimum atomic E-state index is -1.97. The van der Waals surface area contributed by atoms with Crippen molar-refractivity contribution in [2.75, 3.05) is 12.5 Å². The number of ether oxygens (including phenoxy) is 3. The van der Waals surface area contributed by atoms with E-state index in [0.29, 0.717) is 34.2 Å². The molecule has 3 atom stereocenters. The maximum Gasteiger partial charge on any atom is 0.343 e. The molecule has 242 valence electrons. The molecule has 3 aromatic rings. The second-order valence-corrected chi connectivity index (χ2v) is 12.3. The average Bonchev–Trinajstić information content (AvgIpc) is 3.64. The van der Waals surface area contributed by atoms with E-state index in [9.17, 15) is 29.1 Å². The summed E-state index contributed by atoms with van der Waals surface area (Å²) in [4.78, 5) is 66.7. The largest absolute Gasteiger partial charge is 0.480 e. The number of nitrogens with zero attached hydrogens (tertiary/aromatic N) is 2. The Morgan fingerprint density at radius 3 is 2.57 bits per heavy atom. The number of hydrogen-bond donors (Lipinski definition) is 5. The molecule has 7 N–H and O–H groups in total. The molecule has 0 bridgehead atoms. The van der Waals surface area contributed by atoms with Gasteiger partial charge in [0.15, 0.2) is 17.1 Å². The van der Waals surface area contributed by atoms with Crippen LogP contribution in [-0.4, -0.2) is 68.1 Å². The number of aliphatic hydroxyl groups is 1. The van der Waals surface area contributed by atoms with Crippen molar-refractivity contribution in [2.45, 2.75) is 62.8 Å². The quantitative estimate of drug-likeness (QED) is 0.144. The molecule has 1 aromatic carbocycles. The van der Waals surface area contributed by atoms with Gasteiger partial charge in [0.2, 0.25) is 18.6 Å². The molecule has 16 heteroatoms. The summed E-state index contributed by atoms with van der Waals surface area (Å²) in [5.41, 5.74) is 12.6. The van der Waals surface area contributed by atoms with E-state index in [1.54, 1.807) is 23.6 Å². The fourth-order valence-corrected chi connectivity index (χ4v) is 6.84. The number of nitrogens with two attached hydrogens (primary N) is 2. The molecule has 46 heavy (non-hydrogen) atoms. The number of pyridine rings is 2. The maximum atomic E-state index is 13.7. The van der Waals surface area contributed by atoms with Crippen LogP contribution in [-0.2, 0) is 48.4 Å².